The maximum Gasteiger partial charge on any atom is 0.335 e. The van der Waals surface area contributed by atoms with Crippen LogP contribution >= 0.6 is 22.6 Å². The van der Waals surface area contributed by atoms with Crippen LogP contribution in [0.4, 0.5) is 5.69 Å². The minimum absolute atomic E-state index is 0.112. The zero-order valence-electron chi connectivity index (χ0n) is 9.50. The van der Waals surface area contributed by atoms with Gasteiger partial charge in [0.15, 0.2) is 0 Å². The van der Waals surface area contributed by atoms with Crippen molar-refractivity contribution >= 4 is 40.2 Å². The van der Waals surface area contributed by atoms with Gasteiger partial charge in [-0.1, -0.05) is 0 Å². The van der Waals surface area contributed by atoms with Crippen molar-refractivity contribution in [1.29, 1.82) is 0 Å². The number of benzene rings is 1. The van der Waals surface area contributed by atoms with Gasteiger partial charge in [0.1, 0.15) is 5.69 Å². The van der Waals surface area contributed by atoms with Crippen molar-refractivity contribution in [1.82, 2.24) is 9.97 Å². The van der Waals surface area contributed by atoms with Crippen molar-refractivity contribution in [2.24, 2.45) is 0 Å². The molecule has 0 spiro atoms. The van der Waals surface area contributed by atoms with E-state index in [0.29, 0.717) is 9.26 Å². The summed E-state index contributed by atoms with van der Waals surface area (Å²) in [4.78, 5) is 30.4. The van der Waals surface area contributed by atoms with Crippen LogP contribution < -0.4 is 5.32 Å². The molecule has 0 aliphatic rings. The van der Waals surface area contributed by atoms with Crippen molar-refractivity contribution in [3.8, 4) is 0 Å². The van der Waals surface area contributed by atoms with Gasteiger partial charge < -0.3 is 10.4 Å². The molecule has 0 aliphatic heterocycles. The third-order valence-electron chi connectivity index (χ3n) is 2.20. The van der Waals surface area contributed by atoms with Gasteiger partial charge in [0.05, 0.1) is 11.8 Å². The molecule has 1 aromatic heterocycles. The second-order valence-electron chi connectivity index (χ2n) is 3.58. The Morgan fingerprint density at radius 3 is 2.63 bits per heavy atom. The molecular weight excluding hydrogens is 361 g/mol. The van der Waals surface area contributed by atoms with Gasteiger partial charge in [0, 0.05) is 21.7 Å². The summed E-state index contributed by atoms with van der Waals surface area (Å²) in [6, 6.07) is 4.57. The van der Waals surface area contributed by atoms with Gasteiger partial charge in [-0.25, -0.2) is 9.78 Å². The van der Waals surface area contributed by atoms with Crippen molar-refractivity contribution in [2.45, 2.75) is 0 Å². The molecule has 1 amide bonds. The van der Waals surface area contributed by atoms with Gasteiger partial charge in [-0.3, -0.25) is 9.78 Å². The number of hydrogen-bond acceptors (Lipinski definition) is 4. The molecule has 0 bridgehead atoms. The number of amides is 1. The summed E-state index contributed by atoms with van der Waals surface area (Å²) in [6.45, 7) is 0. The Morgan fingerprint density at radius 2 is 2.00 bits per heavy atom. The molecule has 1 heterocycles. The highest BCUT2D eigenvalue weighted by molar-refractivity contribution is 14.1. The maximum atomic E-state index is 11.8. The van der Waals surface area contributed by atoms with Gasteiger partial charge in [-0.15, -0.1) is 0 Å². The van der Waals surface area contributed by atoms with E-state index in [1.54, 1.807) is 6.07 Å². The van der Waals surface area contributed by atoms with Gasteiger partial charge in [0.25, 0.3) is 5.91 Å². The first kappa shape index (κ1) is 13.4. The highest BCUT2D eigenvalue weighted by Gasteiger charge is 2.10. The molecule has 0 saturated heterocycles. The molecule has 2 N–H and O–H groups in total. The highest BCUT2D eigenvalue weighted by atomic mass is 127. The number of aromatic carboxylic acids is 1. The standard InChI is InChI=1S/C12H8IN3O3/c13-8-3-7(12(18)19)4-9(5-8)16-11(17)10-6-14-1-2-15-10/h1-6H,(H,16,17)(H,18,19). The second kappa shape index (κ2) is 5.74. The van der Waals surface area contributed by atoms with Crippen LogP contribution in [0.3, 0.4) is 0 Å². The van der Waals surface area contributed by atoms with E-state index in [4.69, 9.17) is 5.11 Å². The molecule has 2 rings (SSSR count). The zero-order valence-corrected chi connectivity index (χ0v) is 11.7. The van der Waals surface area contributed by atoms with Crippen molar-refractivity contribution < 1.29 is 14.7 Å². The van der Waals surface area contributed by atoms with Crippen LogP contribution in [0, 0.1) is 3.57 Å². The third-order valence-corrected chi connectivity index (χ3v) is 2.82. The molecular formula is C12H8IN3O3. The number of anilines is 1. The van der Waals surface area contributed by atoms with E-state index in [-0.39, 0.29) is 11.3 Å². The van der Waals surface area contributed by atoms with Gasteiger partial charge in [0.2, 0.25) is 0 Å². The molecule has 0 fully saturated rings. The Morgan fingerprint density at radius 1 is 1.21 bits per heavy atom. The highest BCUT2D eigenvalue weighted by Crippen LogP contribution is 2.17. The number of halogens is 1. The fraction of sp³-hybridized carbons (Fsp3) is 0. The van der Waals surface area contributed by atoms with E-state index in [1.165, 1.54) is 30.7 Å². The summed E-state index contributed by atoms with van der Waals surface area (Å²) in [5.41, 5.74) is 0.680. The molecule has 2 aromatic rings. The van der Waals surface area contributed by atoms with E-state index in [0.717, 1.165) is 0 Å². The Kier molecular flexibility index (Phi) is 4.05. The lowest BCUT2D eigenvalue weighted by Gasteiger charge is -2.06. The number of aromatic nitrogens is 2. The molecule has 6 nitrogen and oxygen atoms in total. The minimum Gasteiger partial charge on any atom is -0.478 e. The molecule has 1 aromatic carbocycles. The number of carboxylic acid groups (broad SMARTS) is 1. The van der Waals surface area contributed by atoms with E-state index in [2.05, 4.69) is 15.3 Å². The average molecular weight is 369 g/mol. The molecule has 0 atom stereocenters. The zero-order chi connectivity index (χ0) is 13.8. The van der Waals surface area contributed by atoms with Gasteiger partial charge in [-0.2, -0.15) is 0 Å². The van der Waals surface area contributed by atoms with Crippen LogP contribution in [0.2, 0.25) is 0 Å². The van der Waals surface area contributed by atoms with E-state index >= 15 is 0 Å². The molecule has 7 heteroatoms. The van der Waals surface area contributed by atoms with Crippen LogP contribution in [0.15, 0.2) is 36.8 Å². The lowest BCUT2D eigenvalue weighted by atomic mass is 10.2. The molecule has 96 valence electrons. The predicted molar refractivity (Wildman–Crippen MR) is 76.1 cm³/mol. The Bertz CT molecular complexity index is 631. The van der Waals surface area contributed by atoms with Crippen LogP contribution in [-0.2, 0) is 0 Å². The quantitative estimate of drug-likeness (QED) is 0.808. The molecule has 19 heavy (non-hydrogen) atoms. The first-order valence-electron chi connectivity index (χ1n) is 5.17. The van der Waals surface area contributed by atoms with Crippen molar-refractivity contribution in [3.05, 3.63) is 51.6 Å². The summed E-state index contributed by atoms with van der Waals surface area (Å²) in [5, 5.41) is 11.5. The number of hydrogen-bond donors (Lipinski definition) is 2. The summed E-state index contributed by atoms with van der Waals surface area (Å²) < 4.78 is 0.715. The van der Waals surface area contributed by atoms with Gasteiger partial charge >= 0.3 is 5.97 Å². The SMILES string of the molecule is O=C(O)c1cc(I)cc(NC(=O)c2cnccn2)c1. The number of nitrogens with zero attached hydrogens (tertiary/aromatic N) is 2. The number of rotatable bonds is 3. The van der Waals surface area contributed by atoms with E-state index in [9.17, 15) is 9.59 Å². The van der Waals surface area contributed by atoms with E-state index in [1.807, 2.05) is 22.6 Å². The Balaban J connectivity index is 2.24. The van der Waals surface area contributed by atoms with Crippen LogP contribution in [-0.4, -0.2) is 27.0 Å². The molecule has 0 radical (unpaired) electrons. The van der Waals surface area contributed by atoms with Gasteiger partial charge in [-0.05, 0) is 40.8 Å². The topological polar surface area (TPSA) is 92.2 Å². The number of carbonyl (C=O) groups excluding carboxylic acids is 1. The number of carbonyl (C=O) groups is 2. The summed E-state index contributed by atoms with van der Waals surface area (Å²) >= 11 is 1.98. The summed E-state index contributed by atoms with van der Waals surface area (Å²) in [7, 11) is 0. The smallest absolute Gasteiger partial charge is 0.335 e. The summed E-state index contributed by atoms with van der Waals surface area (Å²) in [6.07, 6.45) is 4.21. The van der Waals surface area contributed by atoms with Crippen LogP contribution in [0.1, 0.15) is 20.8 Å². The monoisotopic (exact) mass is 369 g/mol. The Labute approximate surface area is 122 Å². The Hall–Kier alpha value is -2.03. The average Bonchev–Trinajstić information content (AvgIpc) is 2.39. The first-order valence-corrected chi connectivity index (χ1v) is 6.25. The predicted octanol–water partition coefficient (Wildman–Crippen LogP) is 2.03. The maximum absolute atomic E-state index is 11.8. The van der Waals surface area contributed by atoms with Crippen molar-refractivity contribution in [3.63, 3.8) is 0 Å². The molecule has 0 aliphatic carbocycles. The fourth-order valence-electron chi connectivity index (χ4n) is 1.40. The summed E-state index contributed by atoms with van der Waals surface area (Å²) in [5.74, 6) is -1.49. The second-order valence-corrected chi connectivity index (χ2v) is 4.82. The van der Waals surface area contributed by atoms with E-state index < -0.39 is 11.9 Å². The fourth-order valence-corrected chi connectivity index (χ4v) is 2.07. The minimum atomic E-state index is -1.05. The lowest BCUT2D eigenvalue weighted by molar-refractivity contribution is 0.0696. The lowest BCUT2D eigenvalue weighted by Crippen LogP contribution is -2.14. The third kappa shape index (κ3) is 3.47. The van der Waals surface area contributed by atoms with Crippen LogP contribution in [0.25, 0.3) is 0 Å². The molecule has 0 saturated carbocycles. The number of carboxylic acids is 1. The molecule has 0 unspecified atom stereocenters. The van der Waals surface area contributed by atoms with Crippen LogP contribution in [0.5, 0.6) is 0 Å². The van der Waals surface area contributed by atoms with Crippen molar-refractivity contribution in [2.75, 3.05) is 5.32 Å². The largest absolute Gasteiger partial charge is 0.478 e. The number of nitrogens with one attached hydrogen (secondary N) is 1. The first-order chi connectivity index (χ1) is 9.06. The normalized spacial score (nSPS) is 9.95.